The molecule has 0 atom stereocenters. The highest BCUT2D eigenvalue weighted by molar-refractivity contribution is 6.29. The molecule has 0 aliphatic heterocycles. The average Bonchev–Trinajstić information content (AvgIpc) is 2.72. The Morgan fingerprint density at radius 3 is 2.88 bits per heavy atom. The topological polar surface area (TPSA) is 54.5 Å². The lowest BCUT2D eigenvalue weighted by molar-refractivity contribution is 1.24. The minimum absolute atomic E-state index is 0.455. The monoisotopic (exact) mass is 230 g/mol. The van der Waals surface area contributed by atoms with Crippen LogP contribution < -0.4 is 0 Å². The zero-order valence-electron chi connectivity index (χ0n) is 8.18. The number of H-pyrrole nitrogens is 1. The van der Waals surface area contributed by atoms with E-state index >= 15 is 0 Å². The van der Waals surface area contributed by atoms with Gasteiger partial charge in [0.1, 0.15) is 16.4 Å². The van der Waals surface area contributed by atoms with Crippen LogP contribution in [0.15, 0.2) is 36.7 Å². The number of pyridine rings is 2. The molecule has 3 rings (SSSR count). The molecule has 0 amide bonds. The number of hydrogen-bond donors (Lipinski definition) is 1. The van der Waals surface area contributed by atoms with Gasteiger partial charge in [0.05, 0.1) is 11.7 Å². The molecular formula is C11H7ClN4. The molecule has 0 aliphatic carbocycles. The predicted octanol–water partition coefficient (Wildman–Crippen LogP) is 2.67. The Kier molecular flexibility index (Phi) is 2.08. The first-order valence-electron chi connectivity index (χ1n) is 4.75. The number of fused-ring (bicyclic) bond motifs is 1. The normalized spacial score (nSPS) is 10.8. The summed E-state index contributed by atoms with van der Waals surface area (Å²) in [5.74, 6) is 0.700. The van der Waals surface area contributed by atoms with Crippen LogP contribution in [0, 0.1) is 0 Å². The van der Waals surface area contributed by atoms with Crippen LogP contribution in [0.1, 0.15) is 0 Å². The number of hydrogen-bond acceptors (Lipinski definition) is 3. The number of rotatable bonds is 1. The van der Waals surface area contributed by atoms with E-state index in [0.29, 0.717) is 11.0 Å². The number of aromatic nitrogens is 4. The van der Waals surface area contributed by atoms with Gasteiger partial charge in [-0.2, -0.15) is 0 Å². The first kappa shape index (κ1) is 9.30. The smallest absolute Gasteiger partial charge is 0.157 e. The Morgan fingerprint density at radius 1 is 1.12 bits per heavy atom. The first-order chi connectivity index (χ1) is 7.83. The van der Waals surface area contributed by atoms with E-state index in [-0.39, 0.29) is 0 Å². The van der Waals surface area contributed by atoms with E-state index in [0.717, 1.165) is 16.7 Å². The molecule has 16 heavy (non-hydrogen) atoms. The minimum Gasteiger partial charge on any atom is -0.337 e. The molecule has 0 aromatic carbocycles. The highest BCUT2D eigenvalue weighted by Crippen LogP contribution is 2.19. The summed E-state index contributed by atoms with van der Waals surface area (Å²) < 4.78 is 0. The van der Waals surface area contributed by atoms with Crippen LogP contribution in [0.5, 0.6) is 0 Å². The van der Waals surface area contributed by atoms with Gasteiger partial charge in [0.2, 0.25) is 0 Å². The summed E-state index contributed by atoms with van der Waals surface area (Å²) in [6.45, 7) is 0. The van der Waals surface area contributed by atoms with Gasteiger partial charge in [0.15, 0.2) is 5.82 Å². The third-order valence-electron chi connectivity index (χ3n) is 2.24. The largest absolute Gasteiger partial charge is 0.337 e. The van der Waals surface area contributed by atoms with Crippen LogP contribution >= 0.6 is 11.6 Å². The lowest BCUT2D eigenvalue weighted by Gasteiger charge is -1.94. The SMILES string of the molecule is Clc1cccc(-c2nc3cnccc3[nH]2)n1. The second-order valence-corrected chi connectivity index (χ2v) is 3.71. The van der Waals surface area contributed by atoms with Crippen LogP contribution in [0.3, 0.4) is 0 Å². The third kappa shape index (κ3) is 1.53. The van der Waals surface area contributed by atoms with Gasteiger partial charge in [-0.05, 0) is 18.2 Å². The molecule has 3 aromatic rings. The molecule has 3 heterocycles. The van der Waals surface area contributed by atoms with Crippen molar-refractivity contribution < 1.29 is 0 Å². The Balaban J connectivity index is 2.19. The van der Waals surface area contributed by atoms with E-state index in [1.165, 1.54) is 0 Å². The standard InChI is InChI=1S/C11H7ClN4/c12-10-3-1-2-8(14-10)11-15-7-4-5-13-6-9(7)16-11/h1-6H,(H,15,16). The molecule has 0 saturated heterocycles. The molecule has 0 aliphatic rings. The van der Waals surface area contributed by atoms with Gasteiger partial charge < -0.3 is 4.98 Å². The van der Waals surface area contributed by atoms with Crippen LogP contribution in [-0.4, -0.2) is 19.9 Å². The predicted molar refractivity (Wildman–Crippen MR) is 62.1 cm³/mol. The Hall–Kier alpha value is -1.94. The molecule has 0 radical (unpaired) electrons. The molecule has 4 nitrogen and oxygen atoms in total. The maximum atomic E-state index is 5.83. The Morgan fingerprint density at radius 2 is 2.06 bits per heavy atom. The number of nitrogens with one attached hydrogen (secondary N) is 1. The van der Waals surface area contributed by atoms with Crippen molar-refractivity contribution in [2.24, 2.45) is 0 Å². The van der Waals surface area contributed by atoms with Gasteiger partial charge in [-0.3, -0.25) is 4.98 Å². The number of nitrogens with zero attached hydrogens (tertiary/aromatic N) is 3. The number of halogens is 1. The van der Waals surface area contributed by atoms with Crippen LogP contribution in [0.2, 0.25) is 5.15 Å². The van der Waals surface area contributed by atoms with Gasteiger partial charge in [-0.1, -0.05) is 17.7 Å². The van der Waals surface area contributed by atoms with Gasteiger partial charge in [0.25, 0.3) is 0 Å². The summed E-state index contributed by atoms with van der Waals surface area (Å²) in [4.78, 5) is 15.8. The molecule has 0 saturated carbocycles. The van der Waals surface area contributed by atoms with Gasteiger partial charge in [-0.15, -0.1) is 0 Å². The van der Waals surface area contributed by atoms with E-state index in [9.17, 15) is 0 Å². The van der Waals surface area contributed by atoms with Crippen molar-refractivity contribution in [3.05, 3.63) is 41.8 Å². The van der Waals surface area contributed by atoms with E-state index in [2.05, 4.69) is 19.9 Å². The summed E-state index contributed by atoms with van der Waals surface area (Å²) >= 11 is 5.83. The first-order valence-corrected chi connectivity index (χ1v) is 5.13. The number of aromatic amines is 1. The molecule has 1 N–H and O–H groups in total. The fraction of sp³-hybridized carbons (Fsp3) is 0. The summed E-state index contributed by atoms with van der Waals surface area (Å²) in [5, 5.41) is 0.455. The molecule has 78 valence electrons. The van der Waals surface area contributed by atoms with Crippen molar-refractivity contribution in [1.29, 1.82) is 0 Å². The summed E-state index contributed by atoms with van der Waals surface area (Å²) in [6.07, 6.45) is 3.43. The second kappa shape index (κ2) is 3.57. The van der Waals surface area contributed by atoms with Gasteiger partial charge in [0, 0.05) is 6.20 Å². The summed E-state index contributed by atoms with van der Waals surface area (Å²) in [5.41, 5.74) is 2.48. The molecular weight excluding hydrogens is 224 g/mol. The highest BCUT2D eigenvalue weighted by atomic mass is 35.5. The van der Waals surface area contributed by atoms with Crippen molar-refractivity contribution in [2.75, 3.05) is 0 Å². The van der Waals surface area contributed by atoms with Crippen molar-refractivity contribution in [3.63, 3.8) is 0 Å². The molecule has 3 aromatic heterocycles. The minimum atomic E-state index is 0.455. The molecule has 0 fully saturated rings. The summed E-state index contributed by atoms with van der Waals surface area (Å²) in [7, 11) is 0. The van der Waals surface area contributed by atoms with Gasteiger partial charge >= 0.3 is 0 Å². The molecule has 0 unspecified atom stereocenters. The van der Waals surface area contributed by atoms with Crippen molar-refractivity contribution in [1.82, 2.24) is 19.9 Å². The Labute approximate surface area is 96.3 Å². The molecule has 5 heteroatoms. The quantitative estimate of drug-likeness (QED) is 0.654. The lowest BCUT2D eigenvalue weighted by Crippen LogP contribution is -1.84. The zero-order valence-corrected chi connectivity index (χ0v) is 8.94. The zero-order chi connectivity index (χ0) is 11.0. The average molecular weight is 231 g/mol. The maximum Gasteiger partial charge on any atom is 0.157 e. The fourth-order valence-corrected chi connectivity index (χ4v) is 1.68. The van der Waals surface area contributed by atoms with E-state index in [1.54, 1.807) is 18.5 Å². The van der Waals surface area contributed by atoms with Crippen molar-refractivity contribution in [2.45, 2.75) is 0 Å². The van der Waals surface area contributed by atoms with E-state index in [4.69, 9.17) is 11.6 Å². The van der Waals surface area contributed by atoms with E-state index < -0.39 is 0 Å². The fourth-order valence-electron chi connectivity index (χ4n) is 1.52. The summed E-state index contributed by atoms with van der Waals surface area (Å²) in [6, 6.07) is 7.30. The maximum absolute atomic E-state index is 5.83. The second-order valence-electron chi connectivity index (χ2n) is 3.32. The van der Waals surface area contributed by atoms with E-state index in [1.807, 2.05) is 18.2 Å². The van der Waals surface area contributed by atoms with Gasteiger partial charge in [-0.25, -0.2) is 9.97 Å². The van der Waals surface area contributed by atoms with Crippen LogP contribution in [0.4, 0.5) is 0 Å². The number of imidazole rings is 1. The molecule has 0 bridgehead atoms. The van der Waals surface area contributed by atoms with Crippen molar-refractivity contribution in [3.8, 4) is 11.5 Å². The van der Waals surface area contributed by atoms with Crippen LogP contribution in [0.25, 0.3) is 22.6 Å². The highest BCUT2D eigenvalue weighted by Gasteiger charge is 2.06. The molecule has 0 spiro atoms. The Bertz CT molecular complexity index is 614. The third-order valence-corrected chi connectivity index (χ3v) is 2.45. The van der Waals surface area contributed by atoms with Crippen molar-refractivity contribution >= 4 is 22.6 Å². The van der Waals surface area contributed by atoms with Crippen LogP contribution in [-0.2, 0) is 0 Å². The lowest BCUT2D eigenvalue weighted by atomic mass is 10.3.